The zero-order valence-corrected chi connectivity index (χ0v) is 10.3. The van der Waals surface area contributed by atoms with Crippen LogP contribution in [0.1, 0.15) is 16.4 Å². The molecule has 1 unspecified atom stereocenters. The molecule has 2 N–H and O–H groups in total. The topological polar surface area (TPSA) is 69.4 Å². The van der Waals surface area contributed by atoms with Crippen molar-refractivity contribution in [2.75, 3.05) is 7.11 Å². The quantitative estimate of drug-likeness (QED) is 0.914. The normalized spacial score (nSPS) is 14.5. The summed E-state index contributed by atoms with van der Waals surface area (Å²) in [4.78, 5) is 0. The van der Waals surface area contributed by atoms with Gasteiger partial charge in [-0.05, 0) is 11.1 Å². The van der Waals surface area contributed by atoms with Gasteiger partial charge in [-0.25, -0.2) is 13.6 Å². The summed E-state index contributed by atoms with van der Waals surface area (Å²) in [6.07, 6.45) is -4.95. The Bertz CT molecular complexity index is 496. The Kier molecular flexibility index (Phi) is 4.36. The van der Waals surface area contributed by atoms with Crippen LogP contribution in [0.15, 0.2) is 24.3 Å². The average molecular weight is 283 g/mol. The molecule has 1 atom stereocenters. The van der Waals surface area contributed by atoms with Crippen LogP contribution in [0.25, 0.3) is 0 Å². The highest BCUT2D eigenvalue weighted by atomic mass is 32.2. The minimum absolute atomic E-state index is 0.229. The maximum Gasteiger partial charge on any atom is 0.410 e. The van der Waals surface area contributed by atoms with Crippen LogP contribution in [-0.2, 0) is 21.4 Å². The Morgan fingerprint density at radius 3 is 2.11 bits per heavy atom. The number of alkyl halides is 3. The maximum absolute atomic E-state index is 12.7. The maximum atomic E-state index is 12.7. The molecular weight excluding hydrogens is 271 g/mol. The number of ether oxygens (including phenoxy) is 1. The molecule has 0 spiro atoms. The fourth-order valence-corrected chi connectivity index (χ4v) is 2.43. The number of primary sulfonamides is 1. The van der Waals surface area contributed by atoms with Crippen molar-refractivity contribution in [3.63, 3.8) is 0 Å². The zero-order valence-electron chi connectivity index (χ0n) is 9.44. The summed E-state index contributed by atoms with van der Waals surface area (Å²) in [5.41, 5.74) is 0.224. The van der Waals surface area contributed by atoms with Gasteiger partial charge in [0.2, 0.25) is 10.0 Å². The van der Waals surface area contributed by atoms with Crippen LogP contribution in [0.5, 0.6) is 0 Å². The van der Waals surface area contributed by atoms with E-state index in [2.05, 4.69) is 5.14 Å². The molecule has 0 radical (unpaired) electrons. The molecule has 0 heterocycles. The molecular formula is C10H12F3NO3S. The second kappa shape index (κ2) is 5.25. The monoisotopic (exact) mass is 283 g/mol. The molecule has 0 aliphatic carbocycles. The van der Waals surface area contributed by atoms with Gasteiger partial charge in [0.25, 0.3) is 0 Å². The first-order valence-electron chi connectivity index (χ1n) is 4.82. The lowest BCUT2D eigenvalue weighted by atomic mass is 10.1. The van der Waals surface area contributed by atoms with E-state index >= 15 is 0 Å². The largest absolute Gasteiger partial charge is 0.410 e. The summed E-state index contributed by atoms with van der Waals surface area (Å²) < 4.78 is 64.8. The first-order chi connectivity index (χ1) is 8.16. The van der Waals surface area contributed by atoms with Crippen LogP contribution >= 0.6 is 0 Å². The van der Waals surface area contributed by atoms with Gasteiger partial charge in [0, 0.05) is 7.11 Å². The second-order valence-electron chi connectivity index (χ2n) is 3.69. The third-order valence-electron chi connectivity index (χ3n) is 2.22. The molecule has 1 rings (SSSR count). The van der Waals surface area contributed by atoms with E-state index < -0.39 is 27.0 Å². The summed E-state index contributed by atoms with van der Waals surface area (Å²) in [7, 11) is -3.32. The lowest BCUT2D eigenvalue weighted by molar-refractivity contribution is -0.131. The zero-order chi connectivity index (χ0) is 14.0. The van der Waals surface area contributed by atoms with E-state index in [0.29, 0.717) is 5.56 Å². The van der Waals surface area contributed by atoms with Crippen LogP contribution in [0.3, 0.4) is 0 Å². The third-order valence-corrected chi connectivity index (χ3v) is 3.42. The summed E-state index contributed by atoms with van der Waals surface area (Å²) in [6, 6.07) is 4.89. The number of methoxy groups -OCH3 is 1. The van der Waals surface area contributed by atoms with Crippen LogP contribution < -0.4 is 5.14 Å². The van der Waals surface area contributed by atoms with Gasteiger partial charge in [-0.3, -0.25) is 0 Å². The lowest BCUT2D eigenvalue weighted by Crippen LogP contribution is -2.33. The molecule has 0 bridgehead atoms. The van der Waals surface area contributed by atoms with Crippen LogP contribution in [-0.4, -0.2) is 21.7 Å². The Morgan fingerprint density at radius 2 is 1.78 bits per heavy atom. The number of hydrogen-bond donors (Lipinski definition) is 1. The summed E-state index contributed by atoms with van der Waals surface area (Å²) >= 11 is 0. The van der Waals surface area contributed by atoms with Gasteiger partial charge < -0.3 is 4.74 Å². The van der Waals surface area contributed by atoms with E-state index in [-0.39, 0.29) is 6.61 Å². The number of sulfonamides is 1. The van der Waals surface area contributed by atoms with Crippen LogP contribution in [0, 0.1) is 0 Å². The van der Waals surface area contributed by atoms with Gasteiger partial charge in [0.1, 0.15) is 0 Å². The lowest BCUT2D eigenvalue weighted by Gasteiger charge is -2.18. The Balaban J connectivity index is 3.16. The van der Waals surface area contributed by atoms with Gasteiger partial charge in [-0.1, -0.05) is 24.3 Å². The Morgan fingerprint density at radius 1 is 1.28 bits per heavy atom. The molecule has 1 aromatic rings. The van der Waals surface area contributed by atoms with Crippen molar-refractivity contribution >= 4 is 10.0 Å². The first kappa shape index (κ1) is 14.9. The minimum Gasteiger partial charge on any atom is -0.380 e. The van der Waals surface area contributed by atoms with E-state index in [1.807, 2.05) is 0 Å². The van der Waals surface area contributed by atoms with Crippen molar-refractivity contribution in [2.24, 2.45) is 5.14 Å². The molecule has 8 heteroatoms. The van der Waals surface area contributed by atoms with Gasteiger partial charge in [0.05, 0.1) is 6.61 Å². The number of hydrogen-bond acceptors (Lipinski definition) is 3. The van der Waals surface area contributed by atoms with Crippen molar-refractivity contribution < 1.29 is 26.3 Å². The predicted octanol–water partition coefficient (Wildman–Crippen LogP) is 1.72. The minimum atomic E-state index is -4.95. The van der Waals surface area contributed by atoms with Crippen molar-refractivity contribution in [2.45, 2.75) is 18.0 Å². The molecule has 102 valence electrons. The van der Waals surface area contributed by atoms with E-state index in [1.54, 1.807) is 0 Å². The van der Waals surface area contributed by atoms with Crippen molar-refractivity contribution in [1.82, 2.24) is 0 Å². The highest BCUT2D eigenvalue weighted by molar-refractivity contribution is 7.89. The highest BCUT2D eigenvalue weighted by Crippen LogP contribution is 2.37. The Hall–Kier alpha value is -1.12. The molecule has 0 fully saturated rings. The third kappa shape index (κ3) is 3.69. The molecule has 0 amide bonds. The number of benzene rings is 1. The van der Waals surface area contributed by atoms with Crippen molar-refractivity contribution in [3.05, 3.63) is 35.4 Å². The fraction of sp³-hybridized carbons (Fsp3) is 0.400. The SMILES string of the molecule is COCc1ccc(C(C(F)(F)F)S(N)(=O)=O)cc1. The summed E-state index contributed by atoms with van der Waals surface area (Å²) in [6.45, 7) is 0.229. The molecule has 0 aliphatic rings. The van der Waals surface area contributed by atoms with Crippen molar-refractivity contribution in [3.8, 4) is 0 Å². The van der Waals surface area contributed by atoms with Gasteiger partial charge in [-0.15, -0.1) is 0 Å². The summed E-state index contributed by atoms with van der Waals surface area (Å²) in [5, 5.41) is 1.92. The molecule has 0 aliphatic heterocycles. The standard InChI is InChI=1S/C10H12F3NO3S/c1-17-6-7-2-4-8(5-3-7)9(10(11,12)13)18(14,15)16/h2-5,9H,6H2,1H3,(H2,14,15,16). The van der Waals surface area contributed by atoms with Gasteiger partial charge >= 0.3 is 6.18 Å². The van der Waals surface area contributed by atoms with Gasteiger partial charge in [-0.2, -0.15) is 13.2 Å². The first-order valence-corrected chi connectivity index (χ1v) is 6.43. The molecule has 4 nitrogen and oxygen atoms in total. The van der Waals surface area contributed by atoms with E-state index in [1.165, 1.54) is 19.2 Å². The molecule has 0 saturated heterocycles. The average Bonchev–Trinajstić information content (AvgIpc) is 2.17. The Labute approximate surface area is 103 Å². The van der Waals surface area contributed by atoms with Crippen LogP contribution in [0.2, 0.25) is 0 Å². The molecule has 0 saturated carbocycles. The summed E-state index contributed by atoms with van der Waals surface area (Å²) in [5.74, 6) is 0. The number of rotatable bonds is 4. The molecule has 18 heavy (non-hydrogen) atoms. The highest BCUT2D eigenvalue weighted by Gasteiger charge is 2.48. The fourth-order valence-electron chi connectivity index (χ4n) is 1.52. The predicted molar refractivity (Wildman–Crippen MR) is 59.1 cm³/mol. The second-order valence-corrected chi connectivity index (χ2v) is 5.33. The van der Waals surface area contributed by atoms with Crippen molar-refractivity contribution in [1.29, 1.82) is 0 Å². The van der Waals surface area contributed by atoms with Crippen LogP contribution in [0.4, 0.5) is 13.2 Å². The number of nitrogens with two attached hydrogens (primary N) is 1. The smallest absolute Gasteiger partial charge is 0.380 e. The van der Waals surface area contributed by atoms with E-state index in [4.69, 9.17) is 4.74 Å². The van der Waals surface area contributed by atoms with E-state index in [9.17, 15) is 21.6 Å². The van der Waals surface area contributed by atoms with E-state index in [0.717, 1.165) is 12.1 Å². The van der Waals surface area contributed by atoms with Gasteiger partial charge in [0.15, 0.2) is 5.25 Å². The number of halogens is 3. The molecule has 0 aromatic heterocycles. The molecule has 1 aromatic carbocycles.